The molecule has 0 spiro atoms. The number of aliphatic hydroxyl groups excluding tert-OH is 5. The van der Waals surface area contributed by atoms with Crippen LogP contribution in [-0.2, 0) is 23.8 Å². The number of ether oxygens (including phenoxy) is 3. The summed E-state index contributed by atoms with van der Waals surface area (Å²) in [5.41, 5.74) is 0. The first-order chi connectivity index (χ1) is 36.2. The summed E-state index contributed by atoms with van der Waals surface area (Å²) >= 11 is 0. The van der Waals surface area contributed by atoms with Gasteiger partial charge in [-0.2, -0.15) is 0 Å². The lowest BCUT2D eigenvalue weighted by Gasteiger charge is -2.41. The van der Waals surface area contributed by atoms with Crippen molar-refractivity contribution in [2.45, 2.75) is 301 Å². The molecule has 0 radical (unpaired) electrons. The summed E-state index contributed by atoms with van der Waals surface area (Å²) in [5, 5.41) is 56.8. The second-order valence-electron chi connectivity index (χ2n) is 20.8. The van der Waals surface area contributed by atoms with Crippen LogP contribution in [0.25, 0.3) is 0 Å². The number of esters is 1. The highest BCUT2D eigenvalue weighted by Gasteiger charge is 2.47. The number of carbonyl (C=O) groups is 2. The maximum Gasteiger partial charge on any atom is 0.306 e. The first-order valence-electron chi connectivity index (χ1n) is 30.3. The van der Waals surface area contributed by atoms with Gasteiger partial charge in [-0.15, -0.1) is 0 Å². The molecule has 1 amide bonds. The van der Waals surface area contributed by atoms with Gasteiger partial charge in [0, 0.05) is 6.42 Å². The molecule has 1 saturated heterocycles. The van der Waals surface area contributed by atoms with Crippen LogP contribution in [0.4, 0.5) is 0 Å². The monoisotopic (exact) mass is 1040 g/mol. The molecular weight excluding hydrogens is 931 g/mol. The van der Waals surface area contributed by atoms with Crippen molar-refractivity contribution in [3.05, 3.63) is 72.9 Å². The Kier molecular flexibility index (Phi) is 47.5. The molecule has 6 N–H and O–H groups in total. The Morgan fingerprint density at radius 2 is 0.973 bits per heavy atom. The zero-order valence-electron chi connectivity index (χ0n) is 47.2. The van der Waals surface area contributed by atoms with Crippen LogP contribution in [0.1, 0.15) is 252 Å². The first-order valence-corrected chi connectivity index (χ1v) is 30.3. The van der Waals surface area contributed by atoms with Gasteiger partial charge in [0.25, 0.3) is 0 Å². The van der Waals surface area contributed by atoms with Gasteiger partial charge in [0.1, 0.15) is 24.4 Å². The molecule has 1 rings (SSSR count). The molecule has 0 aromatic rings. The van der Waals surface area contributed by atoms with Gasteiger partial charge >= 0.3 is 5.97 Å². The third kappa shape index (κ3) is 38.6. The van der Waals surface area contributed by atoms with Gasteiger partial charge in [-0.1, -0.05) is 273 Å². The number of carbonyl (C=O) groups excluding carboxylic acids is 2. The van der Waals surface area contributed by atoms with Gasteiger partial charge in [0.05, 0.1) is 25.4 Å². The van der Waals surface area contributed by atoms with Gasteiger partial charge < -0.3 is 45.1 Å². The van der Waals surface area contributed by atoms with E-state index in [1.54, 1.807) is 6.08 Å². The van der Waals surface area contributed by atoms with Crippen LogP contribution in [0.2, 0.25) is 0 Å². The summed E-state index contributed by atoms with van der Waals surface area (Å²) < 4.78 is 17.6. The molecule has 0 aliphatic carbocycles. The Morgan fingerprint density at radius 1 is 0.541 bits per heavy atom. The lowest BCUT2D eigenvalue weighted by atomic mass is 9.99. The number of hydrogen-bond donors (Lipinski definition) is 6. The highest BCUT2D eigenvalue weighted by atomic mass is 16.7. The van der Waals surface area contributed by atoms with E-state index in [1.165, 1.54) is 141 Å². The van der Waals surface area contributed by atoms with Gasteiger partial charge in [-0.25, -0.2) is 0 Å². The van der Waals surface area contributed by atoms with E-state index in [-0.39, 0.29) is 19.4 Å². The lowest BCUT2D eigenvalue weighted by Crippen LogP contribution is -2.61. The van der Waals surface area contributed by atoms with Crippen LogP contribution in [0.15, 0.2) is 72.9 Å². The maximum absolute atomic E-state index is 13.4. The van der Waals surface area contributed by atoms with Crippen LogP contribution < -0.4 is 5.32 Å². The van der Waals surface area contributed by atoms with Gasteiger partial charge in [0.15, 0.2) is 12.4 Å². The van der Waals surface area contributed by atoms with Crippen LogP contribution >= 0.6 is 0 Å². The zero-order chi connectivity index (χ0) is 54.0. The van der Waals surface area contributed by atoms with E-state index < -0.39 is 67.4 Å². The van der Waals surface area contributed by atoms with E-state index >= 15 is 0 Å². The number of amides is 1. The van der Waals surface area contributed by atoms with E-state index in [2.05, 4.69) is 32.2 Å². The molecule has 428 valence electrons. The number of allylic oxidation sites excluding steroid dienone is 11. The molecule has 1 aliphatic rings. The van der Waals surface area contributed by atoms with Crippen molar-refractivity contribution in [3.63, 3.8) is 0 Å². The minimum absolute atomic E-state index is 0.119. The van der Waals surface area contributed by atoms with Crippen LogP contribution in [0.5, 0.6) is 0 Å². The molecule has 0 aromatic carbocycles. The smallest absolute Gasteiger partial charge is 0.306 e. The summed E-state index contributed by atoms with van der Waals surface area (Å²) in [4.78, 5) is 26.5. The minimum Gasteiger partial charge on any atom is -0.454 e. The fourth-order valence-corrected chi connectivity index (χ4v) is 9.20. The average molecular weight is 1040 g/mol. The van der Waals surface area contributed by atoms with E-state index in [9.17, 15) is 35.1 Å². The molecule has 1 heterocycles. The van der Waals surface area contributed by atoms with Crippen molar-refractivity contribution in [1.82, 2.24) is 5.32 Å². The van der Waals surface area contributed by atoms with Crippen LogP contribution in [0, 0.1) is 0 Å². The zero-order valence-corrected chi connectivity index (χ0v) is 47.2. The molecule has 11 nitrogen and oxygen atoms in total. The Balaban J connectivity index is 2.70. The third-order valence-corrected chi connectivity index (χ3v) is 14.0. The van der Waals surface area contributed by atoms with Gasteiger partial charge in [-0.3, -0.25) is 9.59 Å². The highest BCUT2D eigenvalue weighted by Crippen LogP contribution is 2.26. The molecule has 0 aromatic heterocycles. The molecular formula is C63H111NO10. The molecule has 1 aliphatic heterocycles. The second-order valence-corrected chi connectivity index (χ2v) is 20.8. The predicted molar refractivity (Wildman–Crippen MR) is 306 cm³/mol. The van der Waals surface area contributed by atoms with E-state index in [4.69, 9.17) is 14.2 Å². The number of hydrogen-bond acceptors (Lipinski definition) is 10. The first kappa shape index (κ1) is 69.1. The summed E-state index contributed by atoms with van der Waals surface area (Å²) in [7, 11) is 0. The lowest BCUT2D eigenvalue weighted by molar-refractivity contribution is -0.305. The van der Waals surface area contributed by atoms with Crippen molar-refractivity contribution in [3.8, 4) is 0 Å². The number of rotatable bonds is 50. The SMILES string of the molecule is CC/C=C/C=C/C=C\C=C/C=C/CCCCC(O)C(=O)NC(COC1OC(CO)C(O)C(O)C1OC(=O)CCCCCCCCCCCCCCCCCCCCC)C(O)/C=C/CCCCCCCCCCCC. The third-order valence-electron chi connectivity index (χ3n) is 14.0. The average Bonchev–Trinajstić information content (AvgIpc) is 3.40. The van der Waals surface area contributed by atoms with Crippen LogP contribution in [0.3, 0.4) is 0 Å². The fourth-order valence-electron chi connectivity index (χ4n) is 9.20. The summed E-state index contributed by atoms with van der Waals surface area (Å²) in [6.07, 6.45) is 53.8. The van der Waals surface area contributed by atoms with E-state index in [0.29, 0.717) is 12.8 Å². The molecule has 74 heavy (non-hydrogen) atoms. The summed E-state index contributed by atoms with van der Waals surface area (Å²) in [6, 6.07) is -1.05. The second kappa shape index (κ2) is 50.9. The largest absolute Gasteiger partial charge is 0.454 e. The molecule has 0 saturated carbocycles. The fraction of sp³-hybridized carbons (Fsp3) is 0.778. The van der Waals surface area contributed by atoms with Gasteiger partial charge in [0.2, 0.25) is 5.91 Å². The number of aliphatic hydroxyl groups is 5. The van der Waals surface area contributed by atoms with Crippen molar-refractivity contribution >= 4 is 11.9 Å². The van der Waals surface area contributed by atoms with Crippen LogP contribution in [-0.4, -0.2) is 99.6 Å². The minimum atomic E-state index is -1.62. The Bertz CT molecular complexity index is 1480. The van der Waals surface area contributed by atoms with Crippen molar-refractivity contribution < 1.29 is 49.3 Å². The molecule has 1 fully saturated rings. The Labute approximate surface area is 451 Å². The quantitative estimate of drug-likeness (QED) is 0.0149. The van der Waals surface area contributed by atoms with Gasteiger partial charge in [-0.05, 0) is 44.9 Å². The Hall–Kier alpha value is -2.90. The Morgan fingerprint density at radius 3 is 1.46 bits per heavy atom. The van der Waals surface area contributed by atoms with Crippen molar-refractivity contribution in [1.29, 1.82) is 0 Å². The van der Waals surface area contributed by atoms with Crippen molar-refractivity contribution in [2.75, 3.05) is 13.2 Å². The normalized spacial score (nSPS) is 19.8. The maximum atomic E-state index is 13.4. The van der Waals surface area contributed by atoms with E-state index in [0.717, 1.165) is 64.2 Å². The summed E-state index contributed by atoms with van der Waals surface area (Å²) in [5.74, 6) is -1.24. The predicted octanol–water partition coefficient (Wildman–Crippen LogP) is 14.0. The van der Waals surface area contributed by atoms with E-state index in [1.807, 2.05) is 60.8 Å². The highest BCUT2D eigenvalue weighted by molar-refractivity contribution is 5.80. The number of unbranched alkanes of at least 4 members (excludes halogenated alkanes) is 30. The molecule has 8 unspecified atom stereocenters. The molecule has 8 atom stereocenters. The van der Waals surface area contributed by atoms with Crippen molar-refractivity contribution in [2.24, 2.45) is 0 Å². The topological polar surface area (TPSA) is 175 Å². The molecule has 11 heteroatoms. The molecule has 0 bridgehead atoms. The summed E-state index contributed by atoms with van der Waals surface area (Å²) in [6.45, 7) is 5.62. The number of nitrogens with one attached hydrogen (secondary N) is 1. The standard InChI is InChI=1S/C63H111NO10/c1-4-7-10-13-16-19-22-25-27-28-29-30-31-33-36-39-42-45-48-51-58(68)74-61-60(70)59(69)57(52-65)73-63(61)72-53-54(55(66)49-46-43-40-37-34-24-21-18-15-12-9-6-3)64-62(71)56(67)50-47-44-41-38-35-32-26-23-20-17-14-11-8-5-2/h8,11,14,17,20,23,26,32,35,38,46,49,54-57,59-61,63,65-67,69-70H,4-7,9-10,12-13,15-16,18-19,21-22,24-25,27-31,33-34,36-37,39-45,47-48,50-53H2,1-3H3,(H,64,71)/b11-8+,17-14+,23-20-,32-26-,38-35+,49-46+.